The number of carbonyl (C=O) groups is 1. The normalized spacial score (nSPS) is 20.4. The SMILES string of the molecule is Cc1nc(C(F)(F)F)ccc1NC(=O)N1C[C@@H](CO)[C@H](c2ccsc2)C1. The number of aromatic nitrogens is 1. The molecule has 1 fully saturated rings. The van der Waals surface area contributed by atoms with Gasteiger partial charge in [-0.1, -0.05) is 0 Å². The van der Waals surface area contributed by atoms with Crippen molar-refractivity contribution in [3.05, 3.63) is 45.9 Å². The average Bonchev–Trinajstić information content (AvgIpc) is 3.24. The maximum absolute atomic E-state index is 12.7. The number of aryl methyl sites for hydroxylation is 1. The number of nitrogens with one attached hydrogen (secondary N) is 1. The summed E-state index contributed by atoms with van der Waals surface area (Å²) >= 11 is 1.56. The first-order valence-corrected chi connectivity index (χ1v) is 8.97. The molecule has 2 aromatic heterocycles. The van der Waals surface area contributed by atoms with Crippen LogP contribution in [0.4, 0.5) is 23.7 Å². The number of urea groups is 1. The van der Waals surface area contributed by atoms with Gasteiger partial charge in [-0.2, -0.15) is 24.5 Å². The Morgan fingerprint density at radius 3 is 2.73 bits per heavy atom. The monoisotopic (exact) mass is 385 g/mol. The van der Waals surface area contributed by atoms with Gasteiger partial charge in [0.25, 0.3) is 0 Å². The molecular formula is C17H18F3N3O2S. The Kier molecular flexibility index (Phi) is 5.19. The molecule has 2 amide bonds. The standard InChI is InChI=1S/C17H18F3N3O2S/c1-10-14(2-3-15(21-10)17(18,19)20)22-16(25)23-6-12(8-24)13(7-23)11-4-5-26-9-11/h2-5,9,12-13,24H,6-8H2,1H3,(H,22,25)/t12-,13-/m0/s1. The van der Waals surface area contributed by atoms with E-state index >= 15 is 0 Å². The van der Waals surface area contributed by atoms with Crippen LogP contribution in [-0.4, -0.2) is 40.7 Å². The number of aliphatic hydroxyl groups is 1. The third-order valence-corrected chi connectivity index (χ3v) is 5.25. The zero-order valence-electron chi connectivity index (χ0n) is 14.0. The van der Waals surface area contributed by atoms with E-state index in [4.69, 9.17) is 0 Å². The molecule has 0 bridgehead atoms. The zero-order valence-corrected chi connectivity index (χ0v) is 14.8. The fourth-order valence-electron chi connectivity index (χ4n) is 3.13. The lowest BCUT2D eigenvalue weighted by Gasteiger charge is -2.18. The van der Waals surface area contributed by atoms with Crippen LogP contribution in [-0.2, 0) is 6.18 Å². The van der Waals surface area contributed by atoms with Crippen molar-refractivity contribution >= 4 is 23.1 Å². The second-order valence-electron chi connectivity index (χ2n) is 6.27. The van der Waals surface area contributed by atoms with Crippen molar-refractivity contribution in [3.8, 4) is 0 Å². The minimum Gasteiger partial charge on any atom is -0.396 e. The second-order valence-corrected chi connectivity index (χ2v) is 7.05. The number of amides is 2. The Morgan fingerprint density at radius 1 is 1.38 bits per heavy atom. The number of aliphatic hydroxyl groups excluding tert-OH is 1. The fraction of sp³-hybridized carbons (Fsp3) is 0.412. The van der Waals surface area contributed by atoms with Crippen molar-refractivity contribution in [2.24, 2.45) is 5.92 Å². The molecule has 1 aliphatic heterocycles. The van der Waals surface area contributed by atoms with E-state index in [0.29, 0.717) is 13.1 Å². The molecule has 26 heavy (non-hydrogen) atoms. The number of pyridine rings is 1. The van der Waals surface area contributed by atoms with Gasteiger partial charge in [-0.05, 0) is 41.4 Å². The summed E-state index contributed by atoms with van der Waals surface area (Å²) in [7, 11) is 0. The summed E-state index contributed by atoms with van der Waals surface area (Å²) in [6.07, 6.45) is -4.52. The van der Waals surface area contributed by atoms with Gasteiger partial charge in [0.05, 0.1) is 11.4 Å². The highest BCUT2D eigenvalue weighted by Crippen LogP contribution is 2.34. The predicted molar refractivity (Wildman–Crippen MR) is 92.2 cm³/mol. The van der Waals surface area contributed by atoms with Crippen LogP contribution in [0.5, 0.6) is 0 Å². The van der Waals surface area contributed by atoms with Crippen molar-refractivity contribution in [2.75, 3.05) is 25.0 Å². The number of nitrogens with zero attached hydrogens (tertiary/aromatic N) is 2. The maximum Gasteiger partial charge on any atom is 0.433 e. The Hall–Kier alpha value is -2.13. The number of halogens is 3. The van der Waals surface area contributed by atoms with E-state index in [2.05, 4.69) is 10.3 Å². The molecule has 0 saturated carbocycles. The average molecular weight is 385 g/mol. The largest absolute Gasteiger partial charge is 0.433 e. The Labute approximate surface area is 152 Å². The van der Waals surface area contributed by atoms with Crippen LogP contribution >= 0.6 is 11.3 Å². The van der Waals surface area contributed by atoms with E-state index in [9.17, 15) is 23.1 Å². The lowest BCUT2D eigenvalue weighted by Crippen LogP contribution is -2.33. The Morgan fingerprint density at radius 2 is 2.15 bits per heavy atom. The molecule has 0 spiro atoms. The van der Waals surface area contributed by atoms with Crippen molar-refractivity contribution < 1.29 is 23.1 Å². The molecule has 3 heterocycles. The van der Waals surface area contributed by atoms with Crippen LogP contribution in [0.1, 0.15) is 22.9 Å². The van der Waals surface area contributed by atoms with Gasteiger partial charge in [0.15, 0.2) is 0 Å². The molecule has 0 unspecified atom stereocenters. The van der Waals surface area contributed by atoms with E-state index in [-0.39, 0.29) is 29.8 Å². The highest BCUT2D eigenvalue weighted by atomic mass is 32.1. The van der Waals surface area contributed by atoms with Crippen molar-refractivity contribution in [1.82, 2.24) is 9.88 Å². The van der Waals surface area contributed by atoms with Gasteiger partial charge in [0.1, 0.15) is 5.69 Å². The molecule has 140 valence electrons. The van der Waals surface area contributed by atoms with Gasteiger partial charge < -0.3 is 15.3 Å². The van der Waals surface area contributed by atoms with Crippen LogP contribution in [0.25, 0.3) is 0 Å². The molecule has 1 aliphatic rings. The molecule has 2 atom stereocenters. The van der Waals surface area contributed by atoms with Crippen LogP contribution < -0.4 is 5.32 Å². The van der Waals surface area contributed by atoms with Crippen LogP contribution in [0, 0.1) is 12.8 Å². The van der Waals surface area contributed by atoms with Gasteiger partial charge in [-0.3, -0.25) is 0 Å². The second kappa shape index (κ2) is 7.24. The highest BCUT2D eigenvalue weighted by Gasteiger charge is 2.36. The number of anilines is 1. The van der Waals surface area contributed by atoms with Gasteiger partial charge in [0, 0.05) is 31.5 Å². The number of alkyl halides is 3. The van der Waals surface area contributed by atoms with E-state index in [1.165, 1.54) is 13.0 Å². The molecule has 0 aliphatic carbocycles. The maximum atomic E-state index is 12.7. The number of hydrogen-bond acceptors (Lipinski definition) is 4. The molecular weight excluding hydrogens is 367 g/mol. The van der Waals surface area contributed by atoms with Gasteiger partial charge in [0.2, 0.25) is 0 Å². The first-order chi connectivity index (χ1) is 12.3. The quantitative estimate of drug-likeness (QED) is 0.847. The third-order valence-electron chi connectivity index (χ3n) is 4.55. The summed E-state index contributed by atoms with van der Waals surface area (Å²) in [5.41, 5.74) is 0.423. The van der Waals surface area contributed by atoms with E-state index in [0.717, 1.165) is 11.6 Å². The summed E-state index contributed by atoms with van der Waals surface area (Å²) in [5, 5.41) is 16.2. The summed E-state index contributed by atoms with van der Waals surface area (Å²) in [6, 6.07) is 3.62. The number of likely N-dealkylation sites (tertiary alicyclic amines) is 1. The summed E-state index contributed by atoms with van der Waals surface area (Å²) in [6.45, 7) is 2.21. The number of rotatable bonds is 3. The lowest BCUT2D eigenvalue weighted by atomic mass is 9.92. The molecule has 2 N–H and O–H groups in total. The Balaban J connectivity index is 1.71. The Bertz CT molecular complexity index is 780. The fourth-order valence-corrected chi connectivity index (χ4v) is 3.86. The molecule has 0 radical (unpaired) electrons. The summed E-state index contributed by atoms with van der Waals surface area (Å²) < 4.78 is 38.1. The number of thiophene rings is 1. The van der Waals surface area contributed by atoms with Crippen molar-refractivity contribution in [2.45, 2.75) is 19.0 Å². The molecule has 1 saturated heterocycles. The minimum absolute atomic E-state index is 0.0366. The topological polar surface area (TPSA) is 65.5 Å². The predicted octanol–water partition coefficient (Wildman–Crippen LogP) is 3.71. The van der Waals surface area contributed by atoms with Crippen molar-refractivity contribution in [1.29, 1.82) is 0 Å². The lowest BCUT2D eigenvalue weighted by molar-refractivity contribution is -0.141. The third kappa shape index (κ3) is 3.83. The molecule has 9 heteroatoms. The summed E-state index contributed by atoms with van der Waals surface area (Å²) in [4.78, 5) is 17.6. The highest BCUT2D eigenvalue weighted by molar-refractivity contribution is 7.08. The number of hydrogen-bond donors (Lipinski definition) is 2. The van der Waals surface area contributed by atoms with E-state index < -0.39 is 17.9 Å². The molecule has 3 rings (SSSR count). The smallest absolute Gasteiger partial charge is 0.396 e. The first-order valence-electron chi connectivity index (χ1n) is 8.03. The van der Waals surface area contributed by atoms with Crippen molar-refractivity contribution in [3.63, 3.8) is 0 Å². The first kappa shape index (κ1) is 18.7. The number of carbonyl (C=O) groups excluding carboxylic acids is 1. The molecule has 0 aromatic carbocycles. The van der Waals surface area contributed by atoms with Gasteiger partial charge in [-0.15, -0.1) is 0 Å². The zero-order chi connectivity index (χ0) is 18.9. The molecule has 2 aromatic rings. The van der Waals surface area contributed by atoms with Crippen LogP contribution in [0.3, 0.4) is 0 Å². The van der Waals surface area contributed by atoms with Gasteiger partial charge in [-0.25, -0.2) is 9.78 Å². The van der Waals surface area contributed by atoms with Crippen LogP contribution in [0.2, 0.25) is 0 Å². The minimum atomic E-state index is -4.52. The van der Waals surface area contributed by atoms with Crippen LogP contribution in [0.15, 0.2) is 29.0 Å². The van der Waals surface area contributed by atoms with Gasteiger partial charge >= 0.3 is 12.2 Å². The molecule has 5 nitrogen and oxygen atoms in total. The van der Waals surface area contributed by atoms with E-state index in [1.54, 1.807) is 16.2 Å². The van der Waals surface area contributed by atoms with E-state index in [1.807, 2.05) is 16.8 Å². The summed E-state index contributed by atoms with van der Waals surface area (Å²) in [5.74, 6) is -0.0222.